The number of hydrogen-bond acceptors (Lipinski definition) is 3. The van der Waals surface area contributed by atoms with E-state index in [2.05, 4.69) is 50.7 Å². The third-order valence-electron chi connectivity index (χ3n) is 4.45. The van der Waals surface area contributed by atoms with E-state index in [0.29, 0.717) is 6.04 Å². The fraction of sp³-hybridized carbons (Fsp3) is 0.444. The molecule has 2 aromatic rings. The van der Waals surface area contributed by atoms with Crippen molar-refractivity contribution in [2.24, 2.45) is 5.92 Å². The smallest absolute Gasteiger partial charge is 0.227 e. The van der Waals surface area contributed by atoms with Gasteiger partial charge in [-0.1, -0.05) is 12.1 Å². The molecular formula is C18H24BrClN4O. The first-order valence-corrected chi connectivity index (χ1v) is 9.20. The van der Waals surface area contributed by atoms with Gasteiger partial charge in [-0.25, -0.2) is 0 Å². The maximum Gasteiger partial charge on any atom is 0.227 e. The summed E-state index contributed by atoms with van der Waals surface area (Å²) >= 11 is 3.40. The number of benzene rings is 1. The number of carbonyl (C=O) groups is 1. The van der Waals surface area contributed by atoms with Crippen molar-refractivity contribution < 1.29 is 4.79 Å². The molecule has 0 saturated carbocycles. The number of amides is 1. The zero-order valence-electron chi connectivity index (χ0n) is 14.2. The van der Waals surface area contributed by atoms with Crippen LogP contribution in [0.15, 0.2) is 41.1 Å². The van der Waals surface area contributed by atoms with E-state index < -0.39 is 0 Å². The largest absolute Gasteiger partial charge is 0.326 e. The normalized spacial score (nSPS) is 19.9. The Kier molecular flexibility index (Phi) is 7.47. The highest BCUT2D eigenvalue weighted by molar-refractivity contribution is 9.10. The van der Waals surface area contributed by atoms with Gasteiger partial charge in [0.1, 0.15) is 0 Å². The molecule has 1 saturated heterocycles. The minimum atomic E-state index is 0. The van der Waals surface area contributed by atoms with Crippen LogP contribution in [0.5, 0.6) is 0 Å². The molecule has 1 aromatic heterocycles. The third-order valence-corrected chi connectivity index (χ3v) is 4.86. The summed E-state index contributed by atoms with van der Waals surface area (Å²) in [5, 5.41) is 10.7. The molecule has 0 bridgehead atoms. The molecule has 0 spiro atoms. The molecule has 0 aliphatic carbocycles. The van der Waals surface area contributed by atoms with Gasteiger partial charge in [0.2, 0.25) is 5.91 Å². The predicted octanol–water partition coefficient (Wildman–Crippen LogP) is 3.64. The Morgan fingerprint density at radius 1 is 1.40 bits per heavy atom. The first-order valence-electron chi connectivity index (χ1n) is 8.41. The number of anilines is 1. The number of nitrogens with one attached hydrogen (secondary N) is 2. The van der Waals surface area contributed by atoms with Crippen molar-refractivity contribution in [2.45, 2.75) is 38.8 Å². The summed E-state index contributed by atoms with van der Waals surface area (Å²) in [5.74, 6) is 0.247. The number of aryl methyl sites for hydroxylation is 2. The van der Waals surface area contributed by atoms with E-state index in [4.69, 9.17) is 0 Å². The van der Waals surface area contributed by atoms with Crippen LogP contribution in [0.1, 0.15) is 25.3 Å². The molecule has 0 unspecified atom stereocenters. The van der Waals surface area contributed by atoms with Gasteiger partial charge in [-0.05, 0) is 66.4 Å². The molecule has 1 aliphatic heterocycles. The summed E-state index contributed by atoms with van der Waals surface area (Å²) in [6.07, 6.45) is 6.49. The van der Waals surface area contributed by atoms with Crippen molar-refractivity contribution in [3.63, 3.8) is 0 Å². The number of carbonyl (C=O) groups excluding carboxylic acids is 1. The second-order valence-corrected chi connectivity index (χ2v) is 7.35. The SMILES string of the molecule is C[C@H]1C[C@@H](C(=O)Nc2ccc(CCn3cc(Br)cn3)cc2)CCN1.Cl. The fourth-order valence-electron chi connectivity index (χ4n) is 3.07. The van der Waals surface area contributed by atoms with E-state index in [-0.39, 0.29) is 24.2 Å². The average Bonchev–Trinajstić information content (AvgIpc) is 3.00. The first-order chi connectivity index (χ1) is 11.6. The lowest BCUT2D eigenvalue weighted by Crippen LogP contribution is -2.40. The molecule has 1 aromatic carbocycles. The van der Waals surface area contributed by atoms with Crippen molar-refractivity contribution in [3.8, 4) is 0 Å². The molecule has 0 radical (unpaired) electrons. The Hall–Kier alpha value is -1.37. The zero-order valence-corrected chi connectivity index (χ0v) is 16.6. The van der Waals surface area contributed by atoms with Crippen molar-refractivity contribution in [3.05, 3.63) is 46.7 Å². The van der Waals surface area contributed by atoms with E-state index >= 15 is 0 Å². The van der Waals surface area contributed by atoms with Crippen molar-refractivity contribution >= 4 is 39.9 Å². The highest BCUT2D eigenvalue weighted by Crippen LogP contribution is 2.19. The molecule has 1 amide bonds. The molecule has 7 heteroatoms. The van der Waals surface area contributed by atoms with Crippen LogP contribution in [-0.2, 0) is 17.8 Å². The maximum absolute atomic E-state index is 12.4. The molecule has 2 N–H and O–H groups in total. The Morgan fingerprint density at radius 3 is 2.80 bits per heavy atom. The number of hydrogen-bond donors (Lipinski definition) is 2. The third kappa shape index (κ3) is 5.83. The van der Waals surface area contributed by atoms with Crippen LogP contribution in [0.3, 0.4) is 0 Å². The predicted molar refractivity (Wildman–Crippen MR) is 106 cm³/mol. The second-order valence-electron chi connectivity index (χ2n) is 6.43. The van der Waals surface area contributed by atoms with Gasteiger partial charge in [-0.15, -0.1) is 12.4 Å². The van der Waals surface area contributed by atoms with Crippen molar-refractivity contribution in [1.29, 1.82) is 0 Å². The van der Waals surface area contributed by atoms with Crippen LogP contribution >= 0.6 is 28.3 Å². The first kappa shape index (κ1) is 19.9. The Balaban J connectivity index is 0.00000225. The van der Waals surface area contributed by atoms with Crippen LogP contribution in [0.2, 0.25) is 0 Å². The minimum Gasteiger partial charge on any atom is -0.326 e. The summed E-state index contributed by atoms with van der Waals surface area (Å²) in [7, 11) is 0. The Labute approximate surface area is 163 Å². The molecule has 1 fully saturated rings. The van der Waals surface area contributed by atoms with Gasteiger partial charge in [-0.3, -0.25) is 9.48 Å². The number of aromatic nitrogens is 2. The summed E-state index contributed by atoms with van der Waals surface area (Å²) < 4.78 is 2.91. The summed E-state index contributed by atoms with van der Waals surface area (Å²) in [6.45, 7) is 3.89. The molecule has 5 nitrogen and oxygen atoms in total. The molecule has 25 heavy (non-hydrogen) atoms. The lowest BCUT2D eigenvalue weighted by atomic mass is 9.92. The van der Waals surface area contributed by atoms with Crippen LogP contribution in [0, 0.1) is 5.92 Å². The standard InChI is InChI=1S/C18H23BrN4O.ClH/c1-13-10-15(6-8-20-13)18(24)22-17-4-2-14(3-5-17)7-9-23-12-16(19)11-21-23;/h2-5,11-13,15,20H,6-10H2,1H3,(H,22,24);1H/t13-,15-;/m0./s1. The number of halogens is 2. The molecule has 2 atom stereocenters. The summed E-state index contributed by atoms with van der Waals surface area (Å²) in [6, 6.07) is 8.52. The monoisotopic (exact) mass is 426 g/mol. The van der Waals surface area contributed by atoms with Crippen LogP contribution < -0.4 is 10.6 Å². The highest BCUT2D eigenvalue weighted by atomic mass is 79.9. The van der Waals surface area contributed by atoms with Gasteiger partial charge in [0.05, 0.1) is 10.7 Å². The van der Waals surface area contributed by atoms with E-state index in [1.807, 2.05) is 23.0 Å². The van der Waals surface area contributed by atoms with E-state index in [1.54, 1.807) is 6.20 Å². The van der Waals surface area contributed by atoms with Crippen molar-refractivity contribution in [2.75, 3.05) is 11.9 Å². The minimum absolute atomic E-state index is 0. The van der Waals surface area contributed by atoms with Crippen LogP contribution in [0.25, 0.3) is 0 Å². The number of nitrogens with zero attached hydrogens (tertiary/aromatic N) is 2. The molecular weight excluding hydrogens is 404 g/mol. The van der Waals surface area contributed by atoms with Gasteiger partial charge in [0.25, 0.3) is 0 Å². The van der Waals surface area contributed by atoms with Gasteiger partial charge in [0.15, 0.2) is 0 Å². The van der Waals surface area contributed by atoms with Gasteiger partial charge in [-0.2, -0.15) is 5.10 Å². The fourth-order valence-corrected chi connectivity index (χ4v) is 3.40. The van der Waals surface area contributed by atoms with Crippen molar-refractivity contribution in [1.82, 2.24) is 15.1 Å². The van der Waals surface area contributed by atoms with Gasteiger partial charge >= 0.3 is 0 Å². The lowest BCUT2D eigenvalue weighted by molar-refractivity contribution is -0.120. The van der Waals surface area contributed by atoms with Gasteiger partial charge in [0, 0.05) is 30.4 Å². The second kappa shape index (κ2) is 9.36. The van der Waals surface area contributed by atoms with Gasteiger partial charge < -0.3 is 10.6 Å². The molecule has 3 rings (SSSR count). The van der Waals surface area contributed by atoms with E-state index in [9.17, 15) is 4.79 Å². The number of rotatable bonds is 5. The summed E-state index contributed by atoms with van der Waals surface area (Å²) in [4.78, 5) is 12.4. The van der Waals surface area contributed by atoms with Crippen LogP contribution in [-0.4, -0.2) is 28.3 Å². The quantitative estimate of drug-likeness (QED) is 0.766. The lowest BCUT2D eigenvalue weighted by Gasteiger charge is -2.27. The average molecular weight is 428 g/mol. The molecule has 136 valence electrons. The highest BCUT2D eigenvalue weighted by Gasteiger charge is 2.24. The number of piperidine rings is 1. The summed E-state index contributed by atoms with van der Waals surface area (Å²) in [5.41, 5.74) is 2.10. The molecule has 2 heterocycles. The zero-order chi connectivity index (χ0) is 16.9. The van der Waals surface area contributed by atoms with Crippen LogP contribution in [0.4, 0.5) is 5.69 Å². The van der Waals surface area contributed by atoms with E-state index in [1.165, 1.54) is 5.56 Å². The Bertz CT molecular complexity index is 689. The molecule has 1 aliphatic rings. The Morgan fingerprint density at radius 2 is 2.16 bits per heavy atom. The maximum atomic E-state index is 12.4. The topological polar surface area (TPSA) is 59.0 Å². The van der Waals surface area contributed by atoms with E-state index in [0.717, 1.165) is 42.5 Å².